The summed E-state index contributed by atoms with van der Waals surface area (Å²) in [5.74, 6) is -0.00804. The highest BCUT2D eigenvalue weighted by molar-refractivity contribution is 5.95. The number of anilines is 1. The first-order chi connectivity index (χ1) is 13.1. The molecule has 0 radical (unpaired) electrons. The van der Waals surface area contributed by atoms with E-state index in [4.69, 9.17) is 4.74 Å². The van der Waals surface area contributed by atoms with Gasteiger partial charge >= 0.3 is 0 Å². The summed E-state index contributed by atoms with van der Waals surface area (Å²) in [4.78, 5) is 28.8. The summed E-state index contributed by atoms with van der Waals surface area (Å²) in [5, 5.41) is 4.09. The molecule has 7 heteroatoms. The van der Waals surface area contributed by atoms with E-state index in [1.165, 1.54) is 0 Å². The van der Waals surface area contributed by atoms with Crippen LogP contribution in [0.4, 0.5) is 5.69 Å². The molecule has 0 aliphatic carbocycles. The van der Waals surface area contributed by atoms with Gasteiger partial charge in [-0.05, 0) is 31.4 Å². The zero-order valence-electron chi connectivity index (χ0n) is 15.5. The smallest absolute Gasteiger partial charge is 0.257 e. The van der Waals surface area contributed by atoms with Gasteiger partial charge in [0, 0.05) is 32.0 Å². The Morgan fingerprint density at radius 2 is 2.00 bits per heavy atom. The minimum Gasteiger partial charge on any atom is -0.363 e. The third-order valence-electron chi connectivity index (χ3n) is 5.45. The fraction of sp³-hybridized carbons (Fsp3) is 0.450. The molecular weight excluding hydrogens is 344 g/mol. The van der Waals surface area contributed by atoms with E-state index in [1.807, 2.05) is 40.1 Å². The maximum Gasteiger partial charge on any atom is 0.257 e. The number of benzene rings is 1. The van der Waals surface area contributed by atoms with Gasteiger partial charge in [-0.3, -0.25) is 14.3 Å². The van der Waals surface area contributed by atoms with E-state index in [0.29, 0.717) is 25.2 Å². The van der Waals surface area contributed by atoms with Crippen molar-refractivity contribution in [3.05, 3.63) is 48.3 Å². The van der Waals surface area contributed by atoms with E-state index < -0.39 is 5.60 Å². The monoisotopic (exact) mass is 368 g/mol. The first-order valence-corrected chi connectivity index (χ1v) is 9.34. The van der Waals surface area contributed by atoms with Crippen molar-refractivity contribution < 1.29 is 14.3 Å². The predicted molar refractivity (Wildman–Crippen MR) is 100 cm³/mol. The van der Waals surface area contributed by atoms with Crippen LogP contribution in [0.2, 0.25) is 0 Å². The molecule has 1 aromatic heterocycles. The van der Waals surface area contributed by atoms with Crippen molar-refractivity contribution in [3.8, 4) is 0 Å². The highest BCUT2D eigenvalue weighted by Crippen LogP contribution is 2.33. The molecule has 0 N–H and O–H groups in total. The van der Waals surface area contributed by atoms with Crippen LogP contribution in [0.3, 0.4) is 0 Å². The lowest BCUT2D eigenvalue weighted by atomic mass is 9.92. The number of nitrogens with zero attached hydrogens (tertiary/aromatic N) is 4. The fourth-order valence-corrected chi connectivity index (χ4v) is 3.95. The van der Waals surface area contributed by atoms with Gasteiger partial charge in [0.25, 0.3) is 11.8 Å². The molecule has 7 nitrogen and oxygen atoms in total. The summed E-state index contributed by atoms with van der Waals surface area (Å²) in [6, 6.07) is 9.72. The Kier molecular flexibility index (Phi) is 4.70. The molecule has 1 unspecified atom stereocenters. The topological polar surface area (TPSA) is 67.7 Å². The van der Waals surface area contributed by atoms with Gasteiger partial charge in [0.2, 0.25) is 0 Å². The van der Waals surface area contributed by atoms with Crippen LogP contribution in [0.25, 0.3) is 0 Å². The van der Waals surface area contributed by atoms with E-state index >= 15 is 0 Å². The SMILES string of the molecule is Cn1cc(C(=O)N2CCCC3(CC2)CN(c2ccccc2)C(=O)CO3)cn1. The minimum absolute atomic E-state index is 0.00644. The molecule has 4 rings (SSSR count). The predicted octanol–water partition coefficient (Wildman–Crippen LogP) is 1.85. The third-order valence-corrected chi connectivity index (χ3v) is 5.45. The molecule has 2 aliphatic rings. The van der Waals surface area contributed by atoms with E-state index in [2.05, 4.69) is 5.10 Å². The van der Waals surface area contributed by atoms with E-state index in [-0.39, 0.29) is 18.4 Å². The van der Waals surface area contributed by atoms with Gasteiger partial charge in [-0.1, -0.05) is 18.2 Å². The number of rotatable bonds is 2. The van der Waals surface area contributed by atoms with Crippen molar-refractivity contribution in [2.75, 3.05) is 31.1 Å². The molecule has 0 bridgehead atoms. The van der Waals surface area contributed by atoms with Gasteiger partial charge in [-0.2, -0.15) is 5.10 Å². The lowest BCUT2D eigenvalue weighted by Gasteiger charge is -2.42. The highest BCUT2D eigenvalue weighted by Gasteiger charge is 2.42. The third kappa shape index (κ3) is 3.60. The second-order valence-corrected chi connectivity index (χ2v) is 7.34. The standard InChI is InChI=1S/C20H24N4O3/c1-22-13-16(12-21-22)19(26)23-10-5-8-20(9-11-23)15-24(18(25)14-27-20)17-6-3-2-4-7-17/h2-4,6-7,12-13H,5,8-11,14-15H2,1H3. The number of aryl methyl sites for hydroxylation is 1. The largest absolute Gasteiger partial charge is 0.363 e. The zero-order chi connectivity index (χ0) is 18.9. The number of ether oxygens (including phenoxy) is 1. The Balaban J connectivity index is 1.48. The van der Waals surface area contributed by atoms with Crippen LogP contribution in [-0.2, 0) is 16.6 Å². The number of amides is 2. The van der Waals surface area contributed by atoms with Gasteiger partial charge in [0.1, 0.15) is 6.61 Å². The molecule has 0 saturated carbocycles. The van der Waals surface area contributed by atoms with Gasteiger partial charge in [-0.15, -0.1) is 0 Å². The second-order valence-electron chi connectivity index (χ2n) is 7.34. The number of carbonyl (C=O) groups is 2. The average Bonchev–Trinajstić information content (AvgIpc) is 3.02. The number of aromatic nitrogens is 2. The normalized spacial score (nSPS) is 23.5. The zero-order valence-corrected chi connectivity index (χ0v) is 15.5. The van der Waals surface area contributed by atoms with Gasteiger partial charge in [0.05, 0.1) is 23.9 Å². The fourth-order valence-electron chi connectivity index (χ4n) is 3.95. The molecule has 3 heterocycles. The van der Waals surface area contributed by atoms with Crippen LogP contribution in [-0.4, -0.2) is 58.3 Å². The summed E-state index contributed by atoms with van der Waals surface area (Å²) in [5.41, 5.74) is 1.12. The maximum absolute atomic E-state index is 12.7. The molecule has 1 spiro atoms. The molecule has 2 aromatic rings. The second kappa shape index (κ2) is 7.15. The van der Waals surface area contributed by atoms with Crippen molar-refractivity contribution in [1.29, 1.82) is 0 Å². The van der Waals surface area contributed by atoms with Crippen LogP contribution in [0.5, 0.6) is 0 Å². The molecule has 2 fully saturated rings. The van der Waals surface area contributed by atoms with Crippen LogP contribution in [0.1, 0.15) is 29.6 Å². The lowest BCUT2D eigenvalue weighted by Crippen LogP contribution is -2.55. The number of hydrogen-bond acceptors (Lipinski definition) is 4. The van der Waals surface area contributed by atoms with Crippen molar-refractivity contribution in [3.63, 3.8) is 0 Å². The molecule has 2 aliphatic heterocycles. The van der Waals surface area contributed by atoms with Gasteiger partial charge in [0.15, 0.2) is 0 Å². The number of para-hydroxylation sites is 1. The van der Waals surface area contributed by atoms with Gasteiger partial charge in [-0.25, -0.2) is 0 Å². The van der Waals surface area contributed by atoms with Crippen LogP contribution >= 0.6 is 0 Å². The molecular formula is C20H24N4O3. The molecule has 2 amide bonds. The quantitative estimate of drug-likeness (QED) is 0.811. The first kappa shape index (κ1) is 17.7. The lowest BCUT2D eigenvalue weighted by molar-refractivity contribution is -0.140. The molecule has 142 valence electrons. The summed E-state index contributed by atoms with van der Waals surface area (Å²) in [7, 11) is 1.80. The Labute approximate surface area is 158 Å². The molecule has 1 atom stereocenters. The first-order valence-electron chi connectivity index (χ1n) is 9.34. The average molecular weight is 368 g/mol. The summed E-state index contributed by atoms with van der Waals surface area (Å²) < 4.78 is 7.68. The minimum atomic E-state index is -0.395. The van der Waals surface area contributed by atoms with Crippen LogP contribution in [0.15, 0.2) is 42.7 Å². The molecule has 27 heavy (non-hydrogen) atoms. The Bertz CT molecular complexity index is 835. The highest BCUT2D eigenvalue weighted by atomic mass is 16.5. The van der Waals surface area contributed by atoms with Crippen molar-refractivity contribution >= 4 is 17.5 Å². The summed E-state index contributed by atoms with van der Waals surface area (Å²) >= 11 is 0. The van der Waals surface area contributed by atoms with Crippen molar-refractivity contribution in [2.45, 2.75) is 24.9 Å². The summed E-state index contributed by atoms with van der Waals surface area (Å²) in [6.45, 7) is 1.93. The maximum atomic E-state index is 12.7. The number of carbonyl (C=O) groups excluding carboxylic acids is 2. The number of morpholine rings is 1. The Hall–Kier alpha value is -2.67. The molecule has 1 aromatic carbocycles. The number of hydrogen-bond donors (Lipinski definition) is 0. The van der Waals surface area contributed by atoms with Crippen LogP contribution in [0, 0.1) is 0 Å². The van der Waals surface area contributed by atoms with E-state index in [0.717, 1.165) is 24.9 Å². The van der Waals surface area contributed by atoms with E-state index in [9.17, 15) is 9.59 Å². The van der Waals surface area contributed by atoms with Crippen molar-refractivity contribution in [1.82, 2.24) is 14.7 Å². The van der Waals surface area contributed by atoms with Crippen molar-refractivity contribution in [2.24, 2.45) is 7.05 Å². The van der Waals surface area contributed by atoms with Crippen LogP contribution < -0.4 is 4.90 Å². The molecule has 2 saturated heterocycles. The summed E-state index contributed by atoms with van der Waals surface area (Å²) in [6.07, 6.45) is 5.75. The number of likely N-dealkylation sites (tertiary alicyclic amines) is 1. The Morgan fingerprint density at radius 1 is 1.19 bits per heavy atom. The van der Waals surface area contributed by atoms with E-state index in [1.54, 1.807) is 24.1 Å². The van der Waals surface area contributed by atoms with Gasteiger partial charge < -0.3 is 14.5 Å². The Morgan fingerprint density at radius 3 is 2.74 bits per heavy atom.